The van der Waals surface area contributed by atoms with Crippen molar-refractivity contribution in [1.29, 1.82) is 0 Å². The summed E-state index contributed by atoms with van der Waals surface area (Å²) in [7, 11) is 8.61. The molecule has 0 saturated heterocycles. The van der Waals surface area contributed by atoms with Gasteiger partial charge in [-0.3, -0.25) is 9.69 Å². The monoisotopic (exact) mass is 566 g/mol. The number of benzene rings is 3. The van der Waals surface area contributed by atoms with Gasteiger partial charge in [-0.1, -0.05) is 24.3 Å². The van der Waals surface area contributed by atoms with Gasteiger partial charge in [0.15, 0.2) is 11.5 Å². The molecule has 0 aliphatic carbocycles. The summed E-state index contributed by atoms with van der Waals surface area (Å²) in [6.45, 7) is 1.97. The average Bonchev–Trinajstić information content (AvgIpc) is 2.99. The average molecular weight is 567 g/mol. The number of ether oxygens (including phenoxy) is 5. The Morgan fingerprint density at radius 1 is 0.825 bits per heavy atom. The van der Waals surface area contributed by atoms with E-state index in [2.05, 4.69) is 11.0 Å². The van der Waals surface area contributed by atoms with E-state index in [0.717, 1.165) is 47.7 Å². The Kier molecular flexibility index (Phi) is 10.4. The number of hydrogen-bond donors (Lipinski definition) is 0. The molecule has 214 valence electrons. The number of thioether (sulfide) groups is 1. The van der Waals surface area contributed by atoms with E-state index in [4.69, 9.17) is 23.7 Å². The normalized spacial score (nSPS) is 14.6. The Hall–Kier alpha value is -3.56. The zero-order valence-electron chi connectivity index (χ0n) is 23.8. The highest BCUT2D eigenvalue weighted by Gasteiger charge is 2.32. The third kappa shape index (κ3) is 6.95. The number of methoxy groups -OCH3 is 3. The molecule has 1 aliphatic rings. The van der Waals surface area contributed by atoms with Crippen molar-refractivity contribution in [3.63, 3.8) is 0 Å². The Morgan fingerprint density at radius 2 is 1.52 bits per heavy atom. The Morgan fingerprint density at radius 3 is 2.25 bits per heavy atom. The first-order chi connectivity index (χ1) is 19.5. The summed E-state index contributed by atoms with van der Waals surface area (Å²) >= 11 is 1.60. The van der Waals surface area contributed by atoms with Crippen LogP contribution in [0.25, 0.3) is 0 Å². The van der Waals surface area contributed by atoms with Crippen LogP contribution in [0.4, 0.5) is 5.69 Å². The van der Waals surface area contributed by atoms with Gasteiger partial charge in [-0.25, -0.2) is 0 Å². The van der Waals surface area contributed by atoms with Crippen LogP contribution in [0.2, 0.25) is 0 Å². The molecule has 0 radical (unpaired) electrons. The molecule has 3 aromatic rings. The van der Waals surface area contributed by atoms with Crippen molar-refractivity contribution in [3.05, 3.63) is 66.2 Å². The quantitative estimate of drug-likeness (QED) is 0.173. The van der Waals surface area contributed by atoms with Gasteiger partial charge in [0.05, 0.1) is 33.6 Å². The van der Waals surface area contributed by atoms with Crippen LogP contribution in [-0.2, 0) is 4.79 Å². The number of carbonyl (C=O) groups excluding carboxylic acids is 1. The summed E-state index contributed by atoms with van der Waals surface area (Å²) < 4.78 is 28.2. The molecule has 40 heavy (non-hydrogen) atoms. The summed E-state index contributed by atoms with van der Waals surface area (Å²) in [4.78, 5) is 17.9. The van der Waals surface area contributed by atoms with Gasteiger partial charge in [0.1, 0.15) is 17.7 Å². The maximum Gasteiger partial charge on any atom is 0.244 e. The van der Waals surface area contributed by atoms with Crippen molar-refractivity contribution in [2.24, 2.45) is 0 Å². The van der Waals surface area contributed by atoms with E-state index in [0.29, 0.717) is 36.3 Å². The molecule has 1 amide bonds. The Labute approximate surface area is 241 Å². The number of likely N-dealkylation sites (N-methyl/N-ethyl adjacent to an activating group) is 1. The topological polar surface area (TPSA) is 69.7 Å². The van der Waals surface area contributed by atoms with Crippen LogP contribution < -0.4 is 28.6 Å². The van der Waals surface area contributed by atoms with E-state index in [1.54, 1.807) is 44.1 Å². The predicted octanol–water partition coefficient (Wildman–Crippen LogP) is 6.04. The molecule has 4 rings (SSSR count). The molecule has 0 fully saturated rings. The van der Waals surface area contributed by atoms with Crippen molar-refractivity contribution < 1.29 is 28.5 Å². The van der Waals surface area contributed by atoms with Crippen LogP contribution in [0, 0.1) is 0 Å². The zero-order valence-corrected chi connectivity index (χ0v) is 24.7. The molecule has 0 bridgehead atoms. The van der Waals surface area contributed by atoms with Crippen LogP contribution >= 0.6 is 11.8 Å². The fourth-order valence-corrected chi connectivity index (χ4v) is 5.83. The lowest BCUT2D eigenvalue weighted by atomic mass is 10.1. The number of anilines is 1. The highest BCUT2D eigenvalue weighted by Crippen LogP contribution is 2.46. The summed E-state index contributed by atoms with van der Waals surface area (Å²) in [6.07, 6.45) is 3.03. The molecule has 9 heteroatoms. The molecule has 0 spiro atoms. The van der Waals surface area contributed by atoms with E-state index in [9.17, 15) is 4.79 Å². The number of rotatable bonds is 14. The molecule has 0 saturated carbocycles. The van der Waals surface area contributed by atoms with Crippen molar-refractivity contribution >= 4 is 23.4 Å². The van der Waals surface area contributed by atoms with Gasteiger partial charge >= 0.3 is 0 Å². The lowest BCUT2D eigenvalue weighted by molar-refractivity contribution is -0.118. The number of hydrogen-bond acceptors (Lipinski definition) is 8. The van der Waals surface area contributed by atoms with Crippen LogP contribution in [0.3, 0.4) is 0 Å². The molecular formula is C31H38N2O6S. The predicted molar refractivity (Wildman–Crippen MR) is 158 cm³/mol. The van der Waals surface area contributed by atoms with Crippen molar-refractivity contribution in [3.8, 4) is 28.7 Å². The molecule has 0 N–H and O–H groups in total. The molecular weight excluding hydrogens is 528 g/mol. The standard InChI is InChI=1S/C31H38N2O6S/c1-32(21-39-26-18-17-25(35-3)28(36-4)29(26)37-5)19-9-6-10-20-38-23-15-13-22(14-16-23)30-31(34)33(2)24-11-7-8-12-27(24)40-30/h7-8,11-18,30H,6,9-10,19-21H2,1-5H3. The first kappa shape index (κ1) is 29.4. The van der Waals surface area contributed by atoms with Gasteiger partial charge in [-0.05, 0) is 68.3 Å². The third-order valence-corrected chi connectivity index (χ3v) is 8.08. The number of unbranched alkanes of at least 4 members (excludes halogenated alkanes) is 2. The minimum Gasteiger partial charge on any atom is -0.494 e. The second kappa shape index (κ2) is 14.2. The number of amides is 1. The minimum absolute atomic E-state index is 0.0931. The summed E-state index contributed by atoms with van der Waals surface area (Å²) in [6, 6.07) is 19.5. The lowest BCUT2D eigenvalue weighted by Gasteiger charge is -2.31. The van der Waals surface area contributed by atoms with Crippen molar-refractivity contribution in [2.75, 3.05) is 60.2 Å². The van der Waals surface area contributed by atoms with E-state index >= 15 is 0 Å². The van der Waals surface area contributed by atoms with Crippen LogP contribution in [0.1, 0.15) is 30.1 Å². The molecule has 8 nitrogen and oxygen atoms in total. The number of nitrogens with zero attached hydrogens (tertiary/aromatic N) is 2. The molecule has 0 aromatic heterocycles. The Balaban J connectivity index is 1.16. The Bertz CT molecular complexity index is 1270. The number of fused-ring (bicyclic) bond motifs is 1. The second-order valence-electron chi connectivity index (χ2n) is 9.53. The largest absolute Gasteiger partial charge is 0.494 e. The summed E-state index contributed by atoms with van der Waals surface area (Å²) in [5.41, 5.74) is 1.95. The maximum absolute atomic E-state index is 12.9. The van der Waals surface area contributed by atoms with E-state index < -0.39 is 0 Å². The fourth-order valence-electron chi connectivity index (χ4n) is 4.54. The number of carbonyl (C=O) groups is 1. The highest BCUT2D eigenvalue weighted by molar-refractivity contribution is 8.00. The molecule has 1 atom stereocenters. The van der Waals surface area contributed by atoms with Gasteiger partial charge in [0.2, 0.25) is 17.4 Å². The van der Waals surface area contributed by atoms with E-state index in [1.165, 1.54) is 0 Å². The number of para-hydroxylation sites is 1. The van der Waals surface area contributed by atoms with E-state index in [1.807, 2.05) is 62.6 Å². The van der Waals surface area contributed by atoms with Gasteiger partial charge in [-0.15, -0.1) is 11.8 Å². The first-order valence-corrected chi connectivity index (χ1v) is 14.2. The highest BCUT2D eigenvalue weighted by atomic mass is 32.2. The minimum atomic E-state index is -0.247. The van der Waals surface area contributed by atoms with E-state index in [-0.39, 0.29) is 11.2 Å². The summed E-state index contributed by atoms with van der Waals surface area (Å²) in [5, 5.41) is -0.247. The van der Waals surface area contributed by atoms with Gasteiger partial charge in [0.25, 0.3) is 0 Å². The first-order valence-electron chi connectivity index (χ1n) is 13.3. The smallest absolute Gasteiger partial charge is 0.244 e. The second-order valence-corrected chi connectivity index (χ2v) is 10.7. The molecule has 3 aromatic carbocycles. The van der Waals surface area contributed by atoms with Gasteiger partial charge < -0.3 is 28.6 Å². The van der Waals surface area contributed by atoms with Gasteiger partial charge in [0, 0.05) is 18.5 Å². The zero-order chi connectivity index (χ0) is 28.5. The molecule has 1 aliphatic heterocycles. The fraction of sp³-hybridized carbons (Fsp3) is 0.387. The van der Waals surface area contributed by atoms with Crippen molar-refractivity contribution in [1.82, 2.24) is 4.90 Å². The van der Waals surface area contributed by atoms with Crippen LogP contribution in [0.5, 0.6) is 28.7 Å². The molecule has 1 heterocycles. The van der Waals surface area contributed by atoms with Crippen LogP contribution in [-0.4, -0.2) is 66.1 Å². The van der Waals surface area contributed by atoms with Crippen molar-refractivity contribution in [2.45, 2.75) is 29.4 Å². The lowest BCUT2D eigenvalue weighted by Crippen LogP contribution is -2.33. The maximum atomic E-state index is 12.9. The SMILES string of the molecule is COc1ccc(OCN(C)CCCCCOc2ccc(C3Sc4ccccc4N(C)C3=O)cc2)c(OC)c1OC. The van der Waals surface area contributed by atoms with Gasteiger partial charge in [-0.2, -0.15) is 0 Å². The molecule has 1 unspecified atom stereocenters. The third-order valence-electron chi connectivity index (χ3n) is 6.77. The van der Waals surface area contributed by atoms with Crippen LogP contribution in [0.15, 0.2) is 65.6 Å². The summed E-state index contributed by atoms with van der Waals surface area (Å²) in [5.74, 6) is 3.14.